The van der Waals surface area contributed by atoms with Crippen molar-refractivity contribution in [1.82, 2.24) is 21.1 Å². The monoisotopic (exact) mass is 228 g/mol. The molecule has 0 saturated carbocycles. The van der Waals surface area contributed by atoms with E-state index in [-0.39, 0.29) is 12.3 Å². The van der Waals surface area contributed by atoms with Gasteiger partial charge >= 0.3 is 0 Å². The Labute approximate surface area is 93.5 Å². The van der Waals surface area contributed by atoms with Gasteiger partial charge in [-0.25, -0.2) is 0 Å². The van der Waals surface area contributed by atoms with Crippen molar-refractivity contribution >= 4 is 17.7 Å². The second-order valence-corrected chi connectivity index (χ2v) is 3.89. The van der Waals surface area contributed by atoms with Gasteiger partial charge in [0, 0.05) is 19.5 Å². The van der Waals surface area contributed by atoms with Crippen LogP contribution in [0, 0.1) is 5.92 Å². The molecule has 1 aliphatic heterocycles. The van der Waals surface area contributed by atoms with Gasteiger partial charge in [-0.05, 0) is 14.1 Å². The fourth-order valence-electron chi connectivity index (χ4n) is 1.28. The molecule has 0 aliphatic carbocycles. The number of likely N-dealkylation sites (N-methyl/N-ethyl adjacent to an activating group) is 1. The molecule has 90 valence electrons. The summed E-state index contributed by atoms with van der Waals surface area (Å²) >= 11 is 0. The van der Waals surface area contributed by atoms with Crippen LogP contribution in [0.2, 0.25) is 0 Å². The van der Waals surface area contributed by atoms with Gasteiger partial charge in [-0.2, -0.15) is 0 Å². The van der Waals surface area contributed by atoms with Crippen molar-refractivity contribution in [2.45, 2.75) is 6.42 Å². The maximum Gasteiger partial charge on any atom is 0.251 e. The molecule has 0 atom stereocenters. The smallest absolute Gasteiger partial charge is 0.251 e. The zero-order valence-corrected chi connectivity index (χ0v) is 9.37. The zero-order valence-electron chi connectivity index (χ0n) is 9.37. The van der Waals surface area contributed by atoms with E-state index >= 15 is 0 Å². The van der Waals surface area contributed by atoms with Gasteiger partial charge in [0.25, 0.3) is 11.8 Å². The Bertz CT molecular complexity index is 287. The lowest BCUT2D eigenvalue weighted by Gasteiger charge is -2.10. The molecule has 1 heterocycles. The molecule has 1 rings (SSSR count). The number of hydrogen-bond acceptors (Lipinski definition) is 4. The van der Waals surface area contributed by atoms with E-state index in [2.05, 4.69) is 16.2 Å². The van der Waals surface area contributed by atoms with E-state index in [0.717, 1.165) is 6.54 Å². The minimum Gasteiger partial charge on any atom is -0.355 e. The van der Waals surface area contributed by atoms with Crippen LogP contribution >= 0.6 is 0 Å². The summed E-state index contributed by atoms with van der Waals surface area (Å²) in [5.74, 6) is -2.10. The molecule has 0 unspecified atom stereocenters. The van der Waals surface area contributed by atoms with E-state index in [1.807, 2.05) is 19.0 Å². The summed E-state index contributed by atoms with van der Waals surface area (Å²) in [6.45, 7) is 1.22. The van der Waals surface area contributed by atoms with Crippen molar-refractivity contribution in [2.24, 2.45) is 5.92 Å². The molecule has 0 aromatic rings. The highest BCUT2D eigenvalue weighted by atomic mass is 16.2. The predicted octanol–water partition coefficient (Wildman–Crippen LogP) is -2.17. The Morgan fingerprint density at radius 2 is 1.88 bits per heavy atom. The maximum atomic E-state index is 11.4. The molecule has 7 heteroatoms. The van der Waals surface area contributed by atoms with Crippen LogP contribution in [0.25, 0.3) is 0 Å². The molecule has 1 fully saturated rings. The zero-order chi connectivity index (χ0) is 12.1. The molecule has 1 aliphatic rings. The van der Waals surface area contributed by atoms with E-state index in [1.165, 1.54) is 0 Å². The summed E-state index contributed by atoms with van der Waals surface area (Å²) in [5, 5.41) is 2.64. The molecule has 1 saturated heterocycles. The van der Waals surface area contributed by atoms with Crippen molar-refractivity contribution in [2.75, 3.05) is 27.2 Å². The summed E-state index contributed by atoms with van der Waals surface area (Å²) in [4.78, 5) is 35.5. The average Bonchev–Trinajstić information content (AvgIpc) is 2.49. The number of carbonyl (C=O) groups is 3. The van der Waals surface area contributed by atoms with Crippen molar-refractivity contribution < 1.29 is 14.4 Å². The lowest BCUT2D eigenvalue weighted by atomic mass is 10.1. The Morgan fingerprint density at radius 1 is 1.31 bits per heavy atom. The number of hydrogen-bond donors (Lipinski definition) is 3. The molecule has 16 heavy (non-hydrogen) atoms. The fraction of sp³-hybridized carbons (Fsp3) is 0.667. The quantitative estimate of drug-likeness (QED) is 0.467. The molecule has 0 radical (unpaired) electrons. The van der Waals surface area contributed by atoms with Gasteiger partial charge in [-0.1, -0.05) is 0 Å². The first-order chi connectivity index (χ1) is 7.50. The Balaban J connectivity index is 2.28. The van der Waals surface area contributed by atoms with Gasteiger partial charge in [0.05, 0.1) is 0 Å². The number of rotatable bonds is 5. The SMILES string of the molecule is CN(C)CCNC(=O)CC1C(=O)NNC1=O. The molecule has 0 aromatic carbocycles. The van der Waals surface area contributed by atoms with Crippen LogP contribution < -0.4 is 16.2 Å². The third-order valence-corrected chi connectivity index (χ3v) is 2.21. The third-order valence-electron chi connectivity index (χ3n) is 2.21. The topological polar surface area (TPSA) is 90.5 Å². The van der Waals surface area contributed by atoms with Crippen LogP contribution in [0.1, 0.15) is 6.42 Å². The Hall–Kier alpha value is -1.63. The Morgan fingerprint density at radius 3 is 2.38 bits per heavy atom. The van der Waals surface area contributed by atoms with Gasteiger partial charge in [-0.3, -0.25) is 25.2 Å². The second kappa shape index (κ2) is 5.45. The van der Waals surface area contributed by atoms with Gasteiger partial charge in [0.1, 0.15) is 5.92 Å². The third kappa shape index (κ3) is 3.50. The standard InChI is InChI=1S/C9H16N4O3/c1-13(2)4-3-10-7(14)5-6-8(15)11-12-9(6)16/h6H,3-5H2,1-2H3,(H,10,14)(H,11,15)(H,12,16). The average molecular weight is 228 g/mol. The summed E-state index contributed by atoms with van der Waals surface area (Å²) in [7, 11) is 3.79. The number of hydrazine groups is 1. The normalized spacial score (nSPS) is 16.2. The summed E-state index contributed by atoms with van der Waals surface area (Å²) < 4.78 is 0. The molecule has 0 bridgehead atoms. The number of nitrogens with one attached hydrogen (secondary N) is 3. The highest BCUT2D eigenvalue weighted by Crippen LogP contribution is 2.06. The first-order valence-electron chi connectivity index (χ1n) is 5.02. The largest absolute Gasteiger partial charge is 0.355 e. The first-order valence-corrected chi connectivity index (χ1v) is 5.02. The van der Waals surface area contributed by atoms with Gasteiger partial charge < -0.3 is 10.2 Å². The lowest BCUT2D eigenvalue weighted by Crippen LogP contribution is -2.34. The van der Waals surface area contributed by atoms with E-state index in [0.29, 0.717) is 6.54 Å². The summed E-state index contributed by atoms with van der Waals surface area (Å²) in [6, 6.07) is 0. The molecule has 0 aromatic heterocycles. The lowest BCUT2D eigenvalue weighted by molar-refractivity contribution is -0.133. The predicted molar refractivity (Wildman–Crippen MR) is 56.0 cm³/mol. The molecule has 3 amide bonds. The van der Waals surface area contributed by atoms with E-state index in [9.17, 15) is 14.4 Å². The molecule has 7 nitrogen and oxygen atoms in total. The number of carbonyl (C=O) groups excluding carboxylic acids is 3. The van der Waals surface area contributed by atoms with Gasteiger partial charge in [0.2, 0.25) is 5.91 Å². The van der Waals surface area contributed by atoms with Crippen LogP contribution in [-0.4, -0.2) is 49.8 Å². The van der Waals surface area contributed by atoms with Crippen LogP contribution in [0.15, 0.2) is 0 Å². The molecular weight excluding hydrogens is 212 g/mol. The van der Waals surface area contributed by atoms with Crippen molar-refractivity contribution in [3.05, 3.63) is 0 Å². The first kappa shape index (κ1) is 12.4. The maximum absolute atomic E-state index is 11.4. The van der Waals surface area contributed by atoms with Gasteiger partial charge in [-0.15, -0.1) is 0 Å². The van der Waals surface area contributed by atoms with E-state index in [1.54, 1.807) is 0 Å². The van der Waals surface area contributed by atoms with Crippen LogP contribution in [-0.2, 0) is 14.4 Å². The van der Waals surface area contributed by atoms with Crippen molar-refractivity contribution in [3.8, 4) is 0 Å². The minimum atomic E-state index is -0.903. The number of amides is 3. The Kier molecular flexibility index (Phi) is 4.24. The minimum absolute atomic E-state index is 0.106. The van der Waals surface area contributed by atoms with E-state index < -0.39 is 17.7 Å². The van der Waals surface area contributed by atoms with Crippen molar-refractivity contribution in [3.63, 3.8) is 0 Å². The summed E-state index contributed by atoms with van der Waals surface area (Å²) in [5.41, 5.74) is 4.34. The molecule has 0 spiro atoms. The van der Waals surface area contributed by atoms with E-state index in [4.69, 9.17) is 0 Å². The fourth-order valence-corrected chi connectivity index (χ4v) is 1.28. The molecular formula is C9H16N4O3. The van der Waals surface area contributed by atoms with Crippen molar-refractivity contribution in [1.29, 1.82) is 0 Å². The van der Waals surface area contributed by atoms with Crippen LogP contribution in [0.3, 0.4) is 0 Å². The van der Waals surface area contributed by atoms with Crippen LogP contribution in [0.5, 0.6) is 0 Å². The summed E-state index contributed by atoms with van der Waals surface area (Å²) in [6.07, 6.45) is -0.106. The number of nitrogens with zero attached hydrogens (tertiary/aromatic N) is 1. The van der Waals surface area contributed by atoms with Crippen LogP contribution in [0.4, 0.5) is 0 Å². The van der Waals surface area contributed by atoms with Gasteiger partial charge in [0.15, 0.2) is 0 Å². The molecule has 3 N–H and O–H groups in total. The second-order valence-electron chi connectivity index (χ2n) is 3.89. The highest BCUT2D eigenvalue weighted by Gasteiger charge is 2.34. The highest BCUT2D eigenvalue weighted by molar-refractivity contribution is 6.07.